The zero-order valence-corrected chi connectivity index (χ0v) is 15.5. The largest absolute Gasteiger partial charge is 0.352 e. The van der Waals surface area contributed by atoms with Gasteiger partial charge in [0.1, 0.15) is 5.84 Å². The molecule has 142 valence electrons. The maximum Gasteiger partial charge on any atom is 0.166 e. The van der Waals surface area contributed by atoms with Crippen LogP contribution in [0.25, 0.3) is 22.0 Å². The standard InChI is InChI=1S/C22H18N6O/c29-13-19-9-15-1-2-16(10-20(15)26-19)22-23-8-7-21(28-22)27-18-5-3-14(4-6-18)17-11-24-25-12-17/h1-6,9-13,26H,7-8H2,(H,24,25)(H,23,27,28). The fraction of sp³-hybridized carbons (Fsp3) is 0.0909. The fourth-order valence-electron chi connectivity index (χ4n) is 3.41. The van der Waals surface area contributed by atoms with Gasteiger partial charge in [0, 0.05) is 46.9 Å². The van der Waals surface area contributed by atoms with Crippen molar-refractivity contribution in [3.63, 3.8) is 0 Å². The van der Waals surface area contributed by atoms with E-state index < -0.39 is 0 Å². The number of carbonyl (C=O) groups is 1. The molecule has 0 bridgehead atoms. The number of hydrogen-bond acceptors (Lipinski definition) is 5. The van der Waals surface area contributed by atoms with Gasteiger partial charge in [0.25, 0.3) is 0 Å². The quantitative estimate of drug-likeness (QED) is 0.465. The normalized spacial score (nSPS) is 13.8. The third-order valence-corrected chi connectivity index (χ3v) is 4.88. The molecule has 0 spiro atoms. The van der Waals surface area contributed by atoms with Crippen molar-refractivity contribution < 1.29 is 4.79 Å². The van der Waals surface area contributed by atoms with Crippen molar-refractivity contribution in [1.29, 1.82) is 0 Å². The number of benzene rings is 2. The number of amidine groups is 2. The van der Waals surface area contributed by atoms with Gasteiger partial charge >= 0.3 is 0 Å². The Labute approximate surface area is 166 Å². The number of anilines is 1. The van der Waals surface area contributed by atoms with Crippen LogP contribution in [0.4, 0.5) is 5.69 Å². The molecule has 29 heavy (non-hydrogen) atoms. The molecule has 0 saturated heterocycles. The fourth-order valence-corrected chi connectivity index (χ4v) is 3.41. The Bertz CT molecular complexity index is 1230. The van der Waals surface area contributed by atoms with E-state index in [-0.39, 0.29) is 0 Å². The molecule has 1 aliphatic heterocycles. The van der Waals surface area contributed by atoms with Gasteiger partial charge in [-0.15, -0.1) is 0 Å². The van der Waals surface area contributed by atoms with E-state index in [1.807, 2.05) is 42.6 Å². The molecule has 2 aromatic heterocycles. The third-order valence-electron chi connectivity index (χ3n) is 4.88. The third kappa shape index (κ3) is 3.45. The first kappa shape index (κ1) is 17.1. The molecule has 0 atom stereocenters. The average molecular weight is 382 g/mol. The van der Waals surface area contributed by atoms with Crippen LogP contribution in [0.2, 0.25) is 0 Å². The second-order valence-corrected chi connectivity index (χ2v) is 6.85. The smallest absolute Gasteiger partial charge is 0.166 e. The van der Waals surface area contributed by atoms with E-state index in [2.05, 4.69) is 37.6 Å². The first-order valence-corrected chi connectivity index (χ1v) is 9.35. The van der Waals surface area contributed by atoms with E-state index in [0.29, 0.717) is 18.1 Å². The van der Waals surface area contributed by atoms with E-state index in [9.17, 15) is 4.79 Å². The van der Waals surface area contributed by atoms with Crippen molar-refractivity contribution in [2.75, 3.05) is 11.9 Å². The van der Waals surface area contributed by atoms with Crippen LogP contribution in [-0.2, 0) is 0 Å². The molecule has 7 heteroatoms. The number of fused-ring (bicyclic) bond motifs is 1. The van der Waals surface area contributed by atoms with E-state index >= 15 is 0 Å². The van der Waals surface area contributed by atoms with Crippen molar-refractivity contribution in [3.8, 4) is 11.1 Å². The highest BCUT2D eigenvalue weighted by molar-refractivity contribution is 6.12. The van der Waals surface area contributed by atoms with Gasteiger partial charge in [-0.3, -0.25) is 14.9 Å². The topological polar surface area (TPSA) is 98.3 Å². The summed E-state index contributed by atoms with van der Waals surface area (Å²) in [5.74, 6) is 1.57. The molecule has 0 aliphatic carbocycles. The van der Waals surface area contributed by atoms with Crippen molar-refractivity contribution in [2.45, 2.75) is 6.42 Å². The van der Waals surface area contributed by atoms with Gasteiger partial charge in [0.2, 0.25) is 0 Å². The minimum absolute atomic E-state index is 0.562. The van der Waals surface area contributed by atoms with Crippen LogP contribution in [0.1, 0.15) is 22.5 Å². The molecular weight excluding hydrogens is 364 g/mol. The summed E-state index contributed by atoms with van der Waals surface area (Å²) in [6.45, 7) is 0.677. The summed E-state index contributed by atoms with van der Waals surface area (Å²) in [7, 11) is 0. The van der Waals surface area contributed by atoms with Gasteiger partial charge in [-0.05, 0) is 29.8 Å². The number of aliphatic imine (C=N–C) groups is 2. The van der Waals surface area contributed by atoms with Gasteiger partial charge in [-0.1, -0.05) is 24.3 Å². The molecule has 7 nitrogen and oxygen atoms in total. The number of aldehydes is 1. The molecule has 3 heterocycles. The molecule has 0 fully saturated rings. The number of hydrogen-bond donors (Lipinski definition) is 3. The number of nitrogens with zero attached hydrogens (tertiary/aromatic N) is 3. The van der Waals surface area contributed by atoms with Crippen LogP contribution in [-0.4, -0.2) is 39.7 Å². The first-order valence-electron chi connectivity index (χ1n) is 9.35. The maximum absolute atomic E-state index is 11.0. The van der Waals surface area contributed by atoms with Gasteiger partial charge < -0.3 is 10.3 Å². The lowest BCUT2D eigenvalue weighted by Gasteiger charge is -2.15. The lowest BCUT2D eigenvalue weighted by molar-refractivity contribution is 0.112. The Kier molecular flexibility index (Phi) is 4.25. The van der Waals surface area contributed by atoms with E-state index in [1.165, 1.54) is 0 Å². The maximum atomic E-state index is 11.0. The Morgan fingerprint density at radius 1 is 1.00 bits per heavy atom. The summed E-state index contributed by atoms with van der Waals surface area (Å²) in [4.78, 5) is 23.4. The molecule has 3 N–H and O–H groups in total. The van der Waals surface area contributed by atoms with Crippen LogP contribution in [0.5, 0.6) is 0 Å². The minimum Gasteiger partial charge on any atom is -0.352 e. The van der Waals surface area contributed by atoms with Crippen LogP contribution >= 0.6 is 0 Å². The number of aromatic nitrogens is 3. The number of H-pyrrole nitrogens is 2. The lowest BCUT2D eigenvalue weighted by atomic mass is 10.1. The van der Waals surface area contributed by atoms with Gasteiger partial charge in [-0.2, -0.15) is 5.10 Å². The highest BCUT2D eigenvalue weighted by Gasteiger charge is 2.12. The van der Waals surface area contributed by atoms with Crippen LogP contribution in [0, 0.1) is 0 Å². The monoisotopic (exact) mass is 382 g/mol. The Morgan fingerprint density at radius 3 is 2.66 bits per heavy atom. The van der Waals surface area contributed by atoms with Gasteiger partial charge in [0.15, 0.2) is 12.1 Å². The molecule has 4 aromatic rings. The second kappa shape index (κ2) is 7.20. The average Bonchev–Trinajstić information content (AvgIpc) is 3.44. The van der Waals surface area contributed by atoms with Crippen molar-refractivity contribution in [1.82, 2.24) is 15.2 Å². The summed E-state index contributed by atoms with van der Waals surface area (Å²) >= 11 is 0. The number of carbonyl (C=O) groups excluding carboxylic acids is 1. The van der Waals surface area contributed by atoms with Crippen LogP contribution in [0.3, 0.4) is 0 Å². The lowest BCUT2D eigenvalue weighted by Crippen LogP contribution is -2.20. The second-order valence-electron chi connectivity index (χ2n) is 6.85. The van der Waals surface area contributed by atoms with Gasteiger partial charge in [0.05, 0.1) is 11.9 Å². The summed E-state index contributed by atoms with van der Waals surface area (Å²) in [5, 5.41) is 11.2. The van der Waals surface area contributed by atoms with Crippen LogP contribution < -0.4 is 5.32 Å². The summed E-state index contributed by atoms with van der Waals surface area (Å²) in [6, 6.07) is 15.9. The molecule has 0 unspecified atom stereocenters. The summed E-state index contributed by atoms with van der Waals surface area (Å²) < 4.78 is 0. The predicted octanol–water partition coefficient (Wildman–Crippen LogP) is 4.03. The van der Waals surface area contributed by atoms with E-state index in [0.717, 1.165) is 51.8 Å². The Balaban J connectivity index is 1.36. The van der Waals surface area contributed by atoms with Crippen molar-refractivity contribution in [2.24, 2.45) is 9.98 Å². The Hall–Kier alpha value is -4.00. The molecular formula is C22H18N6O. The Morgan fingerprint density at radius 2 is 1.86 bits per heavy atom. The zero-order chi connectivity index (χ0) is 19.6. The first-order chi connectivity index (χ1) is 14.3. The molecule has 5 rings (SSSR count). The zero-order valence-electron chi connectivity index (χ0n) is 15.5. The molecule has 0 radical (unpaired) electrons. The predicted molar refractivity (Wildman–Crippen MR) is 115 cm³/mol. The summed E-state index contributed by atoms with van der Waals surface area (Å²) in [6.07, 6.45) is 5.24. The number of rotatable bonds is 4. The number of nitrogens with one attached hydrogen (secondary N) is 3. The highest BCUT2D eigenvalue weighted by atomic mass is 16.1. The van der Waals surface area contributed by atoms with E-state index in [1.54, 1.807) is 6.20 Å². The number of aromatic amines is 2. The molecule has 2 aromatic carbocycles. The SMILES string of the molecule is O=Cc1cc2ccc(C3=NCCC(Nc4ccc(-c5cn[nH]c5)cc4)=N3)cc2[nH]1. The van der Waals surface area contributed by atoms with Gasteiger partial charge in [-0.25, -0.2) is 4.99 Å². The van der Waals surface area contributed by atoms with Crippen LogP contribution in [0.15, 0.2) is 70.9 Å². The van der Waals surface area contributed by atoms with E-state index in [4.69, 9.17) is 4.99 Å². The highest BCUT2D eigenvalue weighted by Crippen LogP contribution is 2.21. The minimum atomic E-state index is 0.562. The molecule has 0 amide bonds. The molecule has 0 saturated carbocycles. The molecule has 1 aliphatic rings. The van der Waals surface area contributed by atoms with Crippen molar-refractivity contribution in [3.05, 3.63) is 72.2 Å². The van der Waals surface area contributed by atoms with Crippen molar-refractivity contribution >= 4 is 34.5 Å². The summed E-state index contributed by atoms with van der Waals surface area (Å²) in [5.41, 5.74) is 5.52.